The van der Waals surface area contributed by atoms with Gasteiger partial charge in [-0.3, -0.25) is 9.79 Å². The molecule has 1 aromatic rings. The van der Waals surface area contributed by atoms with Gasteiger partial charge in [0, 0.05) is 11.3 Å². The zero-order valence-electron chi connectivity index (χ0n) is 9.24. The molecule has 1 aromatic carbocycles. The number of hydrogen-bond acceptors (Lipinski definition) is 3. The van der Waals surface area contributed by atoms with Crippen molar-refractivity contribution in [3.05, 3.63) is 35.4 Å². The van der Waals surface area contributed by atoms with Crippen molar-refractivity contribution in [2.45, 2.75) is 19.5 Å². The Labute approximate surface area is 93.9 Å². The van der Waals surface area contributed by atoms with Crippen molar-refractivity contribution >= 4 is 23.3 Å². The highest BCUT2D eigenvalue weighted by Gasteiger charge is 2.31. The van der Waals surface area contributed by atoms with Gasteiger partial charge >= 0.3 is 0 Å². The van der Waals surface area contributed by atoms with Gasteiger partial charge in [0.1, 0.15) is 11.4 Å². The van der Waals surface area contributed by atoms with Gasteiger partial charge in [-0.25, -0.2) is 0 Å². The highest BCUT2D eigenvalue weighted by molar-refractivity contribution is 6.53. The topological polar surface area (TPSA) is 41.5 Å². The summed E-state index contributed by atoms with van der Waals surface area (Å²) in [6.07, 6.45) is 3.44. The van der Waals surface area contributed by atoms with E-state index in [1.807, 2.05) is 38.1 Å². The van der Waals surface area contributed by atoms with E-state index in [0.29, 0.717) is 5.71 Å². The van der Waals surface area contributed by atoms with Crippen LogP contribution in [0.4, 0.5) is 5.69 Å². The second-order valence-corrected chi connectivity index (χ2v) is 4.61. The lowest BCUT2D eigenvalue weighted by molar-refractivity contribution is -0.108. The maximum absolute atomic E-state index is 11.8. The van der Waals surface area contributed by atoms with Gasteiger partial charge in [-0.1, -0.05) is 18.2 Å². The molecule has 1 aliphatic heterocycles. The van der Waals surface area contributed by atoms with Crippen molar-refractivity contribution in [2.75, 3.05) is 5.32 Å². The molecule has 16 heavy (non-hydrogen) atoms. The Morgan fingerprint density at radius 1 is 1.25 bits per heavy atom. The molecule has 1 heterocycles. The van der Waals surface area contributed by atoms with Gasteiger partial charge in [-0.15, -0.1) is 0 Å². The Balaban J connectivity index is 2.34. The van der Waals surface area contributed by atoms with Gasteiger partial charge in [-0.05, 0) is 31.6 Å². The summed E-state index contributed by atoms with van der Waals surface area (Å²) in [7, 11) is 0. The lowest BCUT2D eigenvalue weighted by Gasteiger charge is -2.32. The first kappa shape index (κ1) is 9.33. The molecule has 0 spiro atoms. The van der Waals surface area contributed by atoms with Crippen LogP contribution in [0.5, 0.6) is 0 Å². The van der Waals surface area contributed by atoms with E-state index >= 15 is 0 Å². The molecule has 0 bridgehead atoms. The maximum atomic E-state index is 11.8. The van der Waals surface area contributed by atoms with E-state index in [2.05, 4.69) is 10.3 Å². The van der Waals surface area contributed by atoms with Gasteiger partial charge in [0.2, 0.25) is 5.78 Å². The molecule has 3 rings (SSSR count). The summed E-state index contributed by atoms with van der Waals surface area (Å²) >= 11 is 0. The van der Waals surface area contributed by atoms with Crippen LogP contribution in [0.15, 0.2) is 29.3 Å². The molecule has 2 aliphatic rings. The minimum atomic E-state index is -0.415. The summed E-state index contributed by atoms with van der Waals surface area (Å²) in [6, 6.07) is 5.97. The quantitative estimate of drug-likeness (QED) is 0.716. The normalized spacial score (nSPS) is 19.9. The molecule has 0 unspecified atom stereocenters. The number of nitrogens with zero attached hydrogens (tertiary/aromatic N) is 1. The number of aliphatic imine (C=N–C) groups is 1. The van der Waals surface area contributed by atoms with Crippen molar-refractivity contribution in [3.63, 3.8) is 0 Å². The van der Waals surface area contributed by atoms with Gasteiger partial charge < -0.3 is 5.32 Å². The number of anilines is 1. The number of rotatable bonds is 0. The van der Waals surface area contributed by atoms with Crippen LogP contribution in [0.2, 0.25) is 0 Å². The number of hydrogen-bond donors (Lipinski definition) is 1. The SMILES string of the molecule is CC1(C)N=C2C(=O)C=Cc3cccc(c32)N1. The lowest BCUT2D eigenvalue weighted by atomic mass is 9.90. The van der Waals surface area contributed by atoms with Crippen molar-refractivity contribution in [3.8, 4) is 0 Å². The van der Waals surface area contributed by atoms with Crippen LogP contribution in [0.1, 0.15) is 25.0 Å². The van der Waals surface area contributed by atoms with Crippen LogP contribution >= 0.6 is 0 Å². The smallest absolute Gasteiger partial charge is 0.204 e. The minimum Gasteiger partial charge on any atom is -0.361 e. The Bertz CT molecular complexity index is 553. The number of allylic oxidation sites excluding steroid dienone is 1. The van der Waals surface area contributed by atoms with Crippen LogP contribution in [0, 0.1) is 0 Å². The Morgan fingerprint density at radius 3 is 2.88 bits per heavy atom. The second-order valence-electron chi connectivity index (χ2n) is 4.61. The number of ketones is 1. The zero-order chi connectivity index (χ0) is 11.3. The van der Waals surface area contributed by atoms with Crippen LogP contribution in [0.25, 0.3) is 6.08 Å². The summed E-state index contributed by atoms with van der Waals surface area (Å²) in [5.41, 5.74) is 3.15. The van der Waals surface area contributed by atoms with Crippen LogP contribution < -0.4 is 5.32 Å². The predicted molar refractivity (Wildman–Crippen MR) is 64.7 cm³/mol. The molecule has 3 nitrogen and oxygen atoms in total. The predicted octanol–water partition coefficient (Wildman–Crippen LogP) is 2.23. The molecule has 0 saturated carbocycles. The van der Waals surface area contributed by atoms with Crippen molar-refractivity contribution in [2.24, 2.45) is 4.99 Å². The van der Waals surface area contributed by atoms with Gasteiger partial charge in [0.25, 0.3) is 0 Å². The highest BCUT2D eigenvalue weighted by atomic mass is 16.1. The summed E-state index contributed by atoms with van der Waals surface area (Å²) in [4.78, 5) is 16.3. The molecule has 0 radical (unpaired) electrons. The molecule has 0 saturated heterocycles. The largest absolute Gasteiger partial charge is 0.361 e. The zero-order valence-corrected chi connectivity index (χ0v) is 9.24. The second kappa shape index (κ2) is 2.82. The first-order valence-corrected chi connectivity index (χ1v) is 5.31. The molecule has 80 valence electrons. The Morgan fingerprint density at radius 2 is 2.06 bits per heavy atom. The van der Waals surface area contributed by atoms with E-state index in [9.17, 15) is 4.79 Å². The number of carbonyl (C=O) groups is 1. The lowest BCUT2D eigenvalue weighted by Crippen LogP contribution is -2.37. The maximum Gasteiger partial charge on any atom is 0.204 e. The highest BCUT2D eigenvalue weighted by Crippen LogP contribution is 2.32. The molecule has 0 amide bonds. The first-order valence-electron chi connectivity index (χ1n) is 5.31. The average molecular weight is 212 g/mol. The van der Waals surface area contributed by atoms with Crippen molar-refractivity contribution in [1.29, 1.82) is 0 Å². The Hall–Kier alpha value is -1.90. The minimum absolute atomic E-state index is 0.00507. The van der Waals surface area contributed by atoms with E-state index in [1.54, 1.807) is 6.08 Å². The number of carbonyl (C=O) groups excluding carboxylic acids is 1. The third-order valence-corrected chi connectivity index (χ3v) is 2.81. The van der Waals surface area contributed by atoms with E-state index in [1.165, 1.54) is 0 Å². The van der Waals surface area contributed by atoms with Gasteiger partial charge in [0.05, 0.1) is 0 Å². The van der Waals surface area contributed by atoms with E-state index in [0.717, 1.165) is 16.8 Å². The number of benzene rings is 1. The third-order valence-electron chi connectivity index (χ3n) is 2.81. The molecular weight excluding hydrogens is 200 g/mol. The van der Waals surface area contributed by atoms with E-state index < -0.39 is 5.66 Å². The van der Waals surface area contributed by atoms with Gasteiger partial charge in [0.15, 0.2) is 0 Å². The molecule has 0 aromatic heterocycles. The summed E-state index contributed by atoms with van der Waals surface area (Å²) in [5.74, 6) is -0.00507. The summed E-state index contributed by atoms with van der Waals surface area (Å²) in [6.45, 7) is 3.92. The molecular formula is C13H12N2O. The van der Waals surface area contributed by atoms with E-state index in [4.69, 9.17) is 0 Å². The molecule has 1 aliphatic carbocycles. The first-order chi connectivity index (χ1) is 7.57. The number of nitrogens with one attached hydrogen (secondary N) is 1. The monoisotopic (exact) mass is 212 g/mol. The average Bonchev–Trinajstić information content (AvgIpc) is 2.21. The molecule has 0 fully saturated rings. The van der Waals surface area contributed by atoms with E-state index in [-0.39, 0.29) is 5.78 Å². The molecule has 1 N–H and O–H groups in total. The van der Waals surface area contributed by atoms with Crippen LogP contribution in [-0.4, -0.2) is 17.2 Å². The van der Waals surface area contributed by atoms with Crippen molar-refractivity contribution < 1.29 is 4.79 Å². The summed E-state index contributed by atoms with van der Waals surface area (Å²) < 4.78 is 0. The van der Waals surface area contributed by atoms with Crippen LogP contribution in [-0.2, 0) is 4.79 Å². The fourth-order valence-electron chi connectivity index (χ4n) is 2.19. The van der Waals surface area contributed by atoms with Crippen molar-refractivity contribution in [1.82, 2.24) is 0 Å². The summed E-state index contributed by atoms with van der Waals surface area (Å²) in [5, 5.41) is 3.32. The molecule has 3 heteroatoms. The van der Waals surface area contributed by atoms with Gasteiger partial charge in [-0.2, -0.15) is 0 Å². The van der Waals surface area contributed by atoms with Crippen LogP contribution in [0.3, 0.4) is 0 Å². The fourth-order valence-corrected chi connectivity index (χ4v) is 2.19. The molecule has 0 atom stereocenters. The standard InChI is InChI=1S/C13H12N2O/c1-13(2)14-9-5-3-4-8-6-7-10(16)12(15-13)11(8)9/h3-7,14H,1-2H3. The fraction of sp³-hybridized carbons (Fsp3) is 0.231. The Kier molecular flexibility index (Phi) is 1.64. The third kappa shape index (κ3) is 1.21.